The fraction of sp³-hybridized carbons (Fsp3) is 0.350. The van der Waals surface area contributed by atoms with E-state index >= 15 is 0 Å². The van der Waals surface area contributed by atoms with Gasteiger partial charge >= 0.3 is 0 Å². The lowest BCUT2D eigenvalue weighted by Crippen LogP contribution is -2.32. The summed E-state index contributed by atoms with van der Waals surface area (Å²) >= 11 is 1.46. The smallest absolute Gasteiger partial charge is 0.251 e. The Morgan fingerprint density at radius 2 is 1.90 bits per heavy atom. The van der Waals surface area contributed by atoms with Gasteiger partial charge in [0, 0.05) is 53.9 Å². The van der Waals surface area contributed by atoms with Crippen molar-refractivity contribution in [2.75, 3.05) is 13.1 Å². The van der Waals surface area contributed by atoms with Crippen molar-refractivity contribution in [1.29, 1.82) is 0 Å². The highest BCUT2D eigenvalue weighted by Crippen LogP contribution is 2.23. The zero-order valence-electron chi connectivity index (χ0n) is 17.3. The molecule has 0 aliphatic heterocycles. The first-order valence-electron chi connectivity index (χ1n) is 9.53. The number of sulfonamides is 1. The third-order valence-corrected chi connectivity index (χ3v) is 7.75. The van der Waals surface area contributed by atoms with E-state index in [1.165, 1.54) is 34.0 Å². The molecule has 0 amide bonds. The molecule has 0 bridgehead atoms. The topological polar surface area (TPSA) is 94.3 Å². The van der Waals surface area contributed by atoms with Crippen LogP contribution in [0.5, 0.6) is 0 Å². The number of hydrogen-bond donors (Lipinski definition) is 0. The number of rotatable bonds is 8. The third-order valence-electron chi connectivity index (χ3n) is 4.96. The van der Waals surface area contributed by atoms with Crippen LogP contribution >= 0.6 is 11.3 Å². The Morgan fingerprint density at radius 3 is 2.50 bits per heavy atom. The third kappa shape index (κ3) is 4.03. The molecule has 3 aromatic rings. The van der Waals surface area contributed by atoms with Gasteiger partial charge in [0.15, 0.2) is 10.9 Å². The van der Waals surface area contributed by atoms with E-state index in [0.717, 1.165) is 21.1 Å². The highest BCUT2D eigenvalue weighted by atomic mass is 32.2. The van der Waals surface area contributed by atoms with Crippen LogP contribution in [0.15, 0.2) is 45.7 Å². The number of aryl methyl sites for hydroxylation is 1. The van der Waals surface area contributed by atoms with Crippen LogP contribution in [0.2, 0.25) is 0 Å². The van der Waals surface area contributed by atoms with Gasteiger partial charge in [-0.15, -0.1) is 11.3 Å². The summed E-state index contributed by atoms with van der Waals surface area (Å²) < 4.78 is 29.9. The van der Waals surface area contributed by atoms with Gasteiger partial charge in [-0.05, 0) is 26.0 Å². The Labute approximate surface area is 179 Å². The molecule has 0 aliphatic rings. The first-order chi connectivity index (χ1) is 14.2. The van der Waals surface area contributed by atoms with E-state index in [1.807, 2.05) is 23.8 Å². The van der Waals surface area contributed by atoms with Gasteiger partial charge < -0.3 is 4.57 Å². The number of thiazole rings is 1. The van der Waals surface area contributed by atoms with E-state index in [0.29, 0.717) is 18.7 Å². The van der Waals surface area contributed by atoms with Gasteiger partial charge in [0.25, 0.3) is 5.56 Å². The number of Topliss-reactive ketones (excluding diaryl/α,β-unsaturated/α-hetero) is 1. The molecule has 0 aromatic carbocycles. The summed E-state index contributed by atoms with van der Waals surface area (Å²) in [5.74, 6) is -0.273. The molecule has 0 unspecified atom stereocenters. The molecule has 0 N–H and O–H groups in total. The summed E-state index contributed by atoms with van der Waals surface area (Å²) in [6, 6.07) is 4.23. The highest BCUT2D eigenvalue weighted by molar-refractivity contribution is 7.89. The second kappa shape index (κ2) is 8.66. The summed E-state index contributed by atoms with van der Waals surface area (Å²) in [6.07, 6.45) is 2.94. The van der Waals surface area contributed by atoms with Crippen LogP contribution in [-0.2, 0) is 16.6 Å². The average molecular weight is 449 g/mol. The quantitative estimate of drug-likeness (QED) is 0.494. The van der Waals surface area contributed by atoms with Crippen LogP contribution in [0.25, 0.3) is 5.13 Å². The Bertz CT molecular complexity index is 1220. The van der Waals surface area contributed by atoms with Crippen LogP contribution in [0, 0.1) is 13.8 Å². The minimum absolute atomic E-state index is 0.00754. The molecule has 0 aliphatic carbocycles. The van der Waals surface area contributed by atoms with Crippen LogP contribution in [-0.4, -0.2) is 45.7 Å². The predicted octanol–water partition coefficient (Wildman–Crippen LogP) is 2.63. The van der Waals surface area contributed by atoms with Crippen LogP contribution in [0.1, 0.15) is 35.6 Å². The first-order valence-corrected chi connectivity index (χ1v) is 11.8. The Hall–Kier alpha value is -2.56. The number of ketones is 1. The van der Waals surface area contributed by atoms with Crippen LogP contribution in [0.3, 0.4) is 0 Å². The van der Waals surface area contributed by atoms with E-state index in [9.17, 15) is 18.0 Å². The van der Waals surface area contributed by atoms with E-state index in [4.69, 9.17) is 0 Å². The minimum atomic E-state index is -3.73. The summed E-state index contributed by atoms with van der Waals surface area (Å²) in [5, 5.41) is 2.62. The predicted molar refractivity (Wildman–Crippen MR) is 116 cm³/mol. The van der Waals surface area contributed by atoms with Gasteiger partial charge in [-0.25, -0.2) is 13.4 Å². The van der Waals surface area contributed by atoms with Gasteiger partial charge in [-0.1, -0.05) is 13.8 Å². The van der Waals surface area contributed by atoms with E-state index in [1.54, 1.807) is 26.1 Å². The molecule has 30 heavy (non-hydrogen) atoms. The van der Waals surface area contributed by atoms with Crippen LogP contribution < -0.4 is 5.56 Å². The zero-order valence-corrected chi connectivity index (χ0v) is 19.0. The molecule has 0 atom stereocenters. The van der Waals surface area contributed by atoms with E-state index in [-0.39, 0.29) is 17.2 Å². The molecule has 0 fully saturated rings. The molecule has 3 rings (SSSR count). The largest absolute Gasteiger partial charge is 0.306 e. The van der Waals surface area contributed by atoms with Crippen molar-refractivity contribution < 1.29 is 13.2 Å². The maximum Gasteiger partial charge on any atom is 0.251 e. The number of carbonyl (C=O) groups excluding carboxylic acids is 1. The molecule has 0 spiro atoms. The zero-order chi connectivity index (χ0) is 22.1. The van der Waals surface area contributed by atoms with Crippen molar-refractivity contribution in [1.82, 2.24) is 18.4 Å². The summed E-state index contributed by atoms with van der Waals surface area (Å²) in [5.41, 5.74) is 1.63. The normalized spacial score (nSPS) is 11.9. The SMILES string of the molecule is CCN(CC)S(=O)(=O)c1ccc(=O)n(CC(=O)c2cc(C)n(-c3nccs3)c2C)c1. The highest BCUT2D eigenvalue weighted by Gasteiger charge is 2.23. The van der Waals surface area contributed by atoms with Gasteiger partial charge in [0.2, 0.25) is 10.0 Å². The second-order valence-electron chi connectivity index (χ2n) is 6.78. The second-order valence-corrected chi connectivity index (χ2v) is 9.59. The van der Waals surface area contributed by atoms with Crippen molar-refractivity contribution in [3.05, 3.63) is 63.3 Å². The lowest BCUT2D eigenvalue weighted by Gasteiger charge is -2.19. The number of aromatic nitrogens is 3. The Morgan fingerprint density at radius 1 is 1.20 bits per heavy atom. The standard InChI is InChI=1S/C20H24N4O4S2/c1-5-23(6-2)30(27,28)16-7-8-19(26)22(12-16)13-18(25)17-11-14(3)24(15(17)4)20-21-9-10-29-20/h7-12H,5-6,13H2,1-4H3. The number of pyridine rings is 1. The van der Waals surface area contributed by atoms with E-state index < -0.39 is 15.6 Å². The lowest BCUT2D eigenvalue weighted by molar-refractivity contribution is 0.0970. The van der Waals surface area contributed by atoms with Gasteiger partial charge in [-0.3, -0.25) is 14.2 Å². The fourth-order valence-electron chi connectivity index (χ4n) is 3.40. The first kappa shape index (κ1) is 22.1. The number of carbonyl (C=O) groups is 1. The molecule has 3 heterocycles. The molecule has 160 valence electrons. The molecule has 0 radical (unpaired) electrons. The Balaban J connectivity index is 1.95. The van der Waals surface area contributed by atoms with Gasteiger partial charge in [0.1, 0.15) is 0 Å². The summed E-state index contributed by atoms with van der Waals surface area (Å²) in [7, 11) is -3.73. The van der Waals surface area contributed by atoms with Crippen molar-refractivity contribution in [2.24, 2.45) is 0 Å². The maximum absolute atomic E-state index is 13.0. The van der Waals surface area contributed by atoms with Crippen molar-refractivity contribution in [3.63, 3.8) is 0 Å². The summed E-state index contributed by atoms with van der Waals surface area (Å²) in [4.78, 5) is 29.6. The van der Waals surface area contributed by atoms with Crippen LogP contribution in [0.4, 0.5) is 0 Å². The number of nitrogens with zero attached hydrogens (tertiary/aromatic N) is 4. The maximum atomic E-state index is 13.0. The monoisotopic (exact) mass is 448 g/mol. The fourth-order valence-corrected chi connectivity index (χ4v) is 5.63. The Kier molecular flexibility index (Phi) is 6.39. The number of hydrogen-bond acceptors (Lipinski definition) is 6. The summed E-state index contributed by atoms with van der Waals surface area (Å²) in [6.45, 7) is 7.60. The molecule has 8 nitrogen and oxygen atoms in total. The van der Waals surface area contributed by atoms with E-state index in [2.05, 4.69) is 4.98 Å². The van der Waals surface area contributed by atoms with Crippen molar-refractivity contribution in [2.45, 2.75) is 39.1 Å². The average Bonchev–Trinajstić information content (AvgIpc) is 3.31. The lowest BCUT2D eigenvalue weighted by atomic mass is 10.1. The molecule has 3 aromatic heterocycles. The molecular weight excluding hydrogens is 424 g/mol. The van der Waals surface area contributed by atoms with Crippen molar-refractivity contribution >= 4 is 27.1 Å². The van der Waals surface area contributed by atoms with Gasteiger partial charge in [0.05, 0.1) is 11.4 Å². The minimum Gasteiger partial charge on any atom is -0.306 e. The molecule has 0 saturated carbocycles. The van der Waals surface area contributed by atoms with Gasteiger partial charge in [-0.2, -0.15) is 4.31 Å². The molecular formula is C20H24N4O4S2. The molecule has 10 heteroatoms. The molecule has 0 saturated heterocycles. The van der Waals surface area contributed by atoms with Crippen molar-refractivity contribution in [3.8, 4) is 5.13 Å².